The molecule has 1 fully saturated rings. The molecule has 1 aromatic heterocycles. The van der Waals surface area contributed by atoms with Crippen molar-refractivity contribution in [2.24, 2.45) is 0 Å². The van der Waals surface area contributed by atoms with Crippen LogP contribution in [0.4, 0.5) is 0 Å². The van der Waals surface area contributed by atoms with Crippen LogP contribution in [0.1, 0.15) is 46.9 Å². The molecule has 3 heterocycles. The lowest BCUT2D eigenvalue weighted by Crippen LogP contribution is -2.63. The molecule has 2 aliphatic rings. The number of hydrogen-bond acceptors (Lipinski definition) is 14. The van der Waals surface area contributed by atoms with Crippen LogP contribution in [0, 0.1) is 0 Å². The van der Waals surface area contributed by atoms with E-state index in [2.05, 4.69) is 0 Å². The number of aromatic nitrogens is 3. The van der Waals surface area contributed by atoms with Gasteiger partial charge in [-0.2, -0.15) is 4.68 Å². The highest BCUT2D eigenvalue weighted by atomic mass is 16.7. The van der Waals surface area contributed by atoms with E-state index < -0.39 is 90.8 Å². The molecule has 0 amide bonds. The summed E-state index contributed by atoms with van der Waals surface area (Å²) in [5, 5.41) is 0. The Bertz CT molecular complexity index is 1620. The van der Waals surface area contributed by atoms with Crippen LogP contribution in [0.15, 0.2) is 52.1 Å². The van der Waals surface area contributed by atoms with Gasteiger partial charge in [-0.1, -0.05) is 18.2 Å². The van der Waals surface area contributed by atoms with Gasteiger partial charge in [0.25, 0.3) is 0 Å². The second-order valence-corrected chi connectivity index (χ2v) is 10.1. The highest BCUT2D eigenvalue weighted by Crippen LogP contribution is 2.33. The number of para-hydroxylation sites is 1. The summed E-state index contributed by atoms with van der Waals surface area (Å²) >= 11 is 0. The predicted molar refractivity (Wildman–Crippen MR) is 151 cm³/mol. The zero-order chi connectivity index (χ0) is 33.7. The molecule has 46 heavy (non-hydrogen) atoms. The van der Waals surface area contributed by atoms with Crippen LogP contribution < -0.4 is 11.4 Å². The van der Waals surface area contributed by atoms with Crippen LogP contribution in [-0.2, 0) is 57.1 Å². The summed E-state index contributed by atoms with van der Waals surface area (Å²) in [5.41, 5.74) is -1.61. The molecule has 4 rings (SSSR count). The van der Waals surface area contributed by atoms with Gasteiger partial charge in [0, 0.05) is 27.7 Å². The second kappa shape index (κ2) is 14.4. The molecule has 0 unspecified atom stereocenters. The minimum absolute atomic E-state index is 0.00772. The number of benzene rings is 1. The number of hydrogen-bond donors (Lipinski definition) is 0. The zero-order valence-electron chi connectivity index (χ0n) is 25.6. The van der Waals surface area contributed by atoms with Crippen molar-refractivity contribution in [1.29, 1.82) is 0 Å². The summed E-state index contributed by atoms with van der Waals surface area (Å²) in [4.78, 5) is 88.4. The Balaban J connectivity index is 1.83. The molecule has 17 heteroatoms. The molecule has 1 aromatic carbocycles. The SMILES string of the molecule is CCOC(=O)[C@H]1C=C[C@H](O[C@@H]2O[C@H](COC(C)=O)[C@@H](OC(C)=O)[C@H](OC(C)=O)[C@H]2OC(C)=O)n2c(=O)n(-c3ccccc3)c(=O)n21. The molecule has 17 nitrogen and oxygen atoms in total. The molecule has 0 saturated carbocycles. The zero-order valence-corrected chi connectivity index (χ0v) is 25.6. The second-order valence-electron chi connectivity index (χ2n) is 10.1. The first-order chi connectivity index (χ1) is 21.8. The molecular weight excluding hydrogens is 614 g/mol. The van der Waals surface area contributed by atoms with Gasteiger partial charge in [0.1, 0.15) is 12.7 Å². The smallest absolute Gasteiger partial charge is 0.354 e. The maximum absolute atomic E-state index is 13.8. The summed E-state index contributed by atoms with van der Waals surface area (Å²) in [6.07, 6.45) is -6.54. The Hall–Kier alpha value is -5.03. The van der Waals surface area contributed by atoms with Crippen molar-refractivity contribution >= 4 is 29.8 Å². The molecule has 0 bridgehead atoms. The Labute approximate surface area is 261 Å². The van der Waals surface area contributed by atoms with Crippen molar-refractivity contribution in [3.63, 3.8) is 0 Å². The molecule has 2 aromatic rings. The Morgan fingerprint density at radius 1 is 0.739 bits per heavy atom. The summed E-state index contributed by atoms with van der Waals surface area (Å²) in [6, 6.07) is 6.56. The fourth-order valence-corrected chi connectivity index (χ4v) is 5.06. The third kappa shape index (κ3) is 7.26. The molecule has 0 N–H and O–H groups in total. The van der Waals surface area contributed by atoms with E-state index >= 15 is 0 Å². The van der Waals surface area contributed by atoms with Crippen LogP contribution in [0.25, 0.3) is 5.69 Å². The van der Waals surface area contributed by atoms with Crippen molar-refractivity contribution in [2.45, 2.75) is 77.6 Å². The quantitative estimate of drug-likeness (QED) is 0.191. The summed E-state index contributed by atoms with van der Waals surface area (Å²) in [5.74, 6) is -4.09. The summed E-state index contributed by atoms with van der Waals surface area (Å²) in [6.45, 7) is 5.37. The number of rotatable bonds is 10. The van der Waals surface area contributed by atoms with Crippen LogP contribution in [0.3, 0.4) is 0 Å². The normalized spacial score (nSPS) is 25.1. The number of fused-ring (bicyclic) bond motifs is 1. The number of nitrogens with zero attached hydrogens (tertiary/aromatic N) is 3. The van der Waals surface area contributed by atoms with Crippen LogP contribution in [0.5, 0.6) is 0 Å². The topological polar surface area (TPSA) is 199 Å². The average molecular weight is 648 g/mol. The van der Waals surface area contributed by atoms with Crippen molar-refractivity contribution in [1.82, 2.24) is 13.9 Å². The van der Waals surface area contributed by atoms with Gasteiger partial charge in [0.2, 0.25) is 6.29 Å². The van der Waals surface area contributed by atoms with Crippen molar-refractivity contribution in [3.8, 4) is 5.69 Å². The third-order valence-corrected chi connectivity index (χ3v) is 6.73. The molecule has 7 atom stereocenters. The van der Waals surface area contributed by atoms with E-state index in [0.29, 0.717) is 0 Å². The molecular formula is C29H33N3O14. The molecule has 0 aliphatic carbocycles. The van der Waals surface area contributed by atoms with Gasteiger partial charge in [-0.15, -0.1) is 0 Å². The highest BCUT2D eigenvalue weighted by molar-refractivity contribution is 5.76. The Morgan fingerprint density at radius 2 is 1.33 bits per heavy atom. The number of esters is 5. The van der Waals surface area contributed by atoms with Gasteiger partial charge in [-0.3, -0.25) is 19.2 Å². The largest absolute Gasteiger partial charge is 0.464 e. The van der Waals surface area contributed by atoms with E-state index in [9.17, 15) is 33.6 Å². The number of ether oxygens (including phenoxy) is 7. The van der Waals surface area contributed by atoms with E-state index in [0.717, 1.165) is 41.6 Å². The van der Waals surface area contributed by atoms with E-state index in [-0.39, 0.29) is 12.3 Å². The van der Waals surface area contributed by atoms with Gasteiger partial charge in [0.15, 0.2) is 30.6 Å². The van der Waals surface area contributed by atoms with Gasteiger partial charge >= 0.3 is 41.2 Å². The monoisotopic (exact) mass is 647 g/mol. The molecule has 2 aliphatic heterocycles. The minimum atomic E-state index is -1.69. The highest BCUT2D eigenvalue weighted by Gasteiger charge is 2.53. The number of carbonyl (C=O) groups excluding carboxylic acids is 5. The average Bonchev–Trinajstić information content (AvgIpc) is 3.25. The third-order valence-electron chi connectivity index (χ3n) is 6.73. The predicted octanol–water partition coefficient (Wildman–Crippen LogP) is 0.0730. The maximum atomic E-state index is 13.8. The first-order valence-electron chi connectivity index (χ1n) is 14.2. The Morgan fingerprint density at radius 3 is 1.91 bits per heavy atom. The van der Waals surface area contributed by atoms with Crippen molar-refractivity contribution in [3.05, 3.63) is 63.5 Å². The first kappa shape index (κ1) is 33.9. The molecule has 0 radical (unpaired) electrons. The van der Waals surface area contributed by atoms with Crippen LogP contribution >= 0.6 is 0 Å². The van der Waals surface area contributed by atoms with Crippen LogP contribution in [-0.4, -0.2) is 87.7 Å². The molecule has 248 valence electrons. The van der Waals surface area contributed by atoms with Crippen molar-refractivity contribution < 1.29 is 57.1 Å². The van der Waals surface area contributed by atoms with Crippen molar-refractivity contribution in [2.75, 3.05) is 13.2 Å². The fraction of sp³-hybridized carbons (Fsp3) is 0.483. The van der Waals surface area contributed by atoms with Gasteiger partial charge in [0.05, 0.1) is 12.3 Å². The van der Waals surface area contributed by atoms with Crippen LogP contribution in [0.2, 0.25) is 0 Å². The standard InChI is InChI=1S/C29H33N3O14/c1-6-40-26(37)20-12-13-22(32-29(39)30(28(38)31(20)32)19-10-8-7-9-11-19)46-27-25(44-18(5)36)24(43-17(4)35)23(42-16(3)34)21(45-27)14-41-15(2)33/h7-13,20-25,27H,6,14H2,1-5H3/t20-,21-,22+,23-,24+,25-,27+/m1/s1. The van der Waals surface area contributed by atoms with E-state index in [4.69, 9.17) is 33.2 Å². The lowest BCUT2D eigenvalue weighted by atomic mass is 9.98. The first-order valence-corrected chi connectivity index (χ1v) is 14.2. The fourth-order valence-electron chi connectivity index (χ4n) is 5.06. The lowest BCUT2D eigenvalue weighted by Gasteiger charge is -2.44. The van der Waals surface area contributed by atoms with Gasteiger partial charge < -0.3 is 33.2 Å². The van der Waals surface area contributed by atoms with Gasteiger partial charge in [-0.25, -0.2) is 23.6 Å². The molecule has 0 spiro atoms. The van der Waals surface area contributed by atoms with Gasteiger partial charge in [-0.05, 0) is 31.2 Å². The molecule has 1 saturated heterocycles. The number of carbonyl (C=O) groups is 5. The maximum Gasteiger partial charge on any atom is 0.354 e. The summed E-state index contributed by atoms with van der Waals surface area (Å²) in [7, 11) is 0. The van der Waals surface area contributed by atoms with E-state index in [1.165, 1.54) is 24.3 Å². The lowest BCUT2D eigenvalue weighted by molar-refractivity contribution is -0.321. The summed E-state index contributed by atoms with van der Waals surface area (Å²) < 4.78 is 41.0. The minimum Gasteiger partial charge on any atom is -0.464 e. The van der Waals surface area contributed by atoms with E-state index in [1.807, 2.05) is 0 Å². The Kier molecular flexibility index (Phi) is 10.6. The van der Waals surface area contributed by atoms with E-state index in [1.54, 1.807) is 25.1 Å².